The summed E-state index contributed by atoms with van der Waals surface area (Å²) in [5, 5.41) is 1.45. The van der Waals surface area contributed by atoms with E-state index in [1.165, 1.54) is 0 Å². The first kappa shape index (κ1) is 15.1. The maximum absolute atomic E-state index is 6.04. The Morgan fingerprint density at radius 1 is 1.08 bits per heavy atom. The van der Waals surface area contributed by atoms with E-state index in [0.29, 0.717) is 11.0 Å². The van der Waals surface area contributed by atoms with Gasteiger partial charge in [0.15, 0.2) is 5.15 Å². The van der Waals surface area contributed by atoms with Gasteiger partial charge < -0.3 is 9.64 Å². The second-order valence-electron chi connectivity index (χ2n) is 5.84. The Hall–Kier alpha value is -2.40. The minimum atomic E-state index is 0.0289. The highest BCUT2D eigenvalue weighted by Crippen LogP contribution is 2.25. The summed E-state index contributed by atoms with van der Waals surface area (Å²) < 4.78 is 5.95. The Kier molecular flexibility index (Phi) is 4.17. The zero-order chi connectivity index (χ0) is 16.4. The maximum atomic E-state index is 6.04. The lowest BCUT2D eigenvalue weighted by Crippen LogP contribution is -2.41. The van der Waals surface area contributed by atoms with E-state index in [9.17, 15) is 0 Å². The molecule has 3 aromatic rings. The number of aromatic nitrogens is 3. The van der Waals surface area contributed by atoms with Crippen molar-refractivity contribution in [1.29, 1.82) is 0 Å². The first-order chi connectivity index (χ1) is 11.8. The summed E-state index contributed by atoms with van der Waals surface area (Å²) in [6, 6.07) is 12.3. The van der Waals surface area contributed by atoms with Gasteiger partial charge in [-0.15, -0.1) is 0 Å². The van der Waals surface area contributed by atoms with Crippen molar-refractivity contribution in [3.63, 3.8) is 0 Å². The van der Waals surface area contributed by atoms with Crippen LogP contribution in [0.2, 0.25) is 5.15 Å². The van der Waals surface area contributed by atoms with Crippen LogP contribution < -0.4 is 9.64 Å². The summed E-state index contributed by atoms with van der Waals surface area (Å²) in [5.41, 5.74) is 1.01. The fourth-order valence-corrected chi connectivity index (χ4v) is 3.17. The van der Waals surface area contributed by atoms with Crippen molar-refractivity contribution in [2.45, 2.75) is 18.9 Å². The standard InChI is InChI=1S/C18H17ClN4O/c19-17-18(21-10-9-20-17)24-14-5-3-11-23(12-14)16-8-7-13-4-1-2-6-15(13)22-16/h1-2,4,6-10,14H,3,5,11-12H2/t14-/m0/s1. The van der Waals surface area contributed by atoms with E-state index in [0.717, 1.165) is 42.7 Å². The molecule has 3 heterocycles. The van der Waals surface area contributed by atoms with Crippen LogP contribution in [0.5, 0.6) is 5.88 Å². The van der Waals surface area contributed by atoms with E-state index in [1.54, 1.807) is 12.4 Å². The van der Waals surface area contributed by atoms with E-state index in [1.807, 2.05) is 18.2 Å². The Balaban J connectivity index is 1.52. The molecule has 4 rings (SSSR count). The lowest BCUT2D eigenvalue weighted by Gasteiger charge is -2.33. The fraction of sp³-hybridized carbons (Fsp3) is 0.278. The molecule has 0 radical (unpaired) electrons. The molecule has 0 aliphatic carbocycles. The van der Waals surface area contributed by atoms with E-state index in [4.69, 9.17) is 21.3 Å². The molecule has 2 aromatic heterocycles. The number of benzene rings is 1. The third-order valence-electron chi connectivity index (χ3n) is 4.19. The molecule has 122 valence electrons. The van der Waals surface area contributed by atoms with Crippen LogP contribution in [-0.2, 0) is 0 Å². The van der Waals surface area contributed by atoms with E-state index in [-0.39, 0.29) is 6.10 Å². The second kappa shape index (κ2) is 6.61. The predicted octanol–water partition coefficient (Wildman–Crippen LogP) is 3.73. The Labute approximate surface area is 145 Å². The van der Waals surface area contributed by atoms with Crippen molar-refractivity contribution in [2.75, 3.05) is 18.0 Å². The van der Waals surface area contributed by atoms with Gasteiger partial charge in [-0.25, -0.2) is 15.0 Å². The van der Waals surface area contributed by atoms with Gasteiger partial charge in [-0.2, -0.15) is 0 Å². The van der Waals surface area contributed by atoms with Crippen LogP contribution in [0.4, 0.5) is 5.82 Å². The van der Waals surface area contributed by atoms with Crippen LogP contribution in [0.3, 0.4) is 0 Å². The Morgan fingerprint density at radius 2 is 1.96 bits per heavy atom. The highest BCUT2D eigenvalue weighted by Gasteiger charge is 2.23. The topological polar surface area (TPSA) is 51.1 Å². The minimum absolute atomic E-state index is 0.0289. The number of piperidine rings is 1. The smallest absolute Gasteiger partial charge is 0.252 e. The van der Waals surface area contributed by atoms with Crippen LogP contribution in [0.15, 0.2) is 48.8 Å². The van der Waals surface area contributed by atoms with Crippen molar-refractivity contribution in [1.82, 2.24) is 15.0 Å². The maximum Gasteiger partial charge on any atom is 0.252 e. The molecule has 1 saturated heterocycles. The largest absolute Gasteiger partial charge is 0.470 e. The van der Waals surface area contributed by atoms with Gasteiger partial charge in [-0.1, -0.05) is 29.8 Å². The van der Waals surface area contributed by atoms with E-state index < -0.39 is 0 Å². The zero-order valence-corrected chi connectivity index (χ0v) is 13.9. The predicted molar refractivity (Wildman–Crippen MR) is 94.6 cm³/mol. The van der Waals surface area contributed by atoms with E-state index >= 15 is 0 Å². The number of nitrogens with zero attached hydrogens (tertiary/aromatic N) is 4. The number of rotatable bonds is 3. The van der Waals surface area contributed by atoms with Crippen LogP contribution in [0.25, 0.3) is 10.9 Å². The molecule has 0 saturated carbocycles. The summed E-state index contributed by atoms with van der Waals surface area (Å²) in [7, 11) is 0. The van der Waals surface area contributed by atoms with Gasteiger partial charge in [0.2, 0.25) is 0 Å². The summed E-state index contributed by atoms with van der Waals surface area (Å²) in [4.78, 5) is 15.2. The number of ether oxygens (including phenoxy) is 1. The molecule has 5 nitrogen and oxygen atoms in total. The average Bonchev–Trinajstić information content (AvgIpc) is 2.63. The number of pyridine rings is 1. The third-order valence-corrected chi connectivity index (χ3v) is 4.45. The molecule has 0 N–H and O–H groups in total. The molecule has 0 spiro atoms. The highest BCUT2D eigenvalue weighted by molar-refractivity contribution is 6.30. The number of fused-ring (bicyclic) bond motifs is 1. The summed E-state index contributed by atoms with van der Waals surface area (Å²) in [6.45, 7) is 1.73. The summed E-state index contributed by atoms with van der Waals surface area (Å²) >= 11 is 6.04. The van der Waals surface area contributed by atoms with Crippen molar-refractivity contribution in [3.05, 3.63) is 53.9 Å². The van der Waals surface area contributed by atoms with Crippen molar-refractivity contribution < 1.29 is 4.74 Å². The molecule has 1 atom stereocenters. The zero-order valence-electron chi connectivity index (χ0n) is 13.1. The van der Waals surface area contributed by atoms with Crippen LogP contribution in [-0.4, -0.2) is 34.1 Å². The van der Waals surface area contributed by atoms with Gasteiger partial charge in [-0.05, 0) is 31.0 Å². The van der Waals surface area contributed by atoms with Gasteiger partial charge in [0.25, 0.3) is 5.88 Å². The lowest BCUT2D eigenvalue weighted by molar-refractivity contribution is 0.171. The molecule has 0 bridgehead atoms. The molecule has 1 aromatic carbocycles. The SMILES string of the molecule is Clc1nccnc1O[C@H]1CCCN(c2ccc3ccccc3n2)C1. The average molecular weight is 341 g/mol. The van der Waals surface area contributed by atoms with Crippen molar-refractivity contribution >= 4 is 28.3 Å². The molecule has 1 aliphatic rings. The summed E-state index contributed by atoms with van der Waals surface area (Å²) in [6.07, 6.45) is 5.18. The summed E-state index contributed by atoms with van der Waals surface area (Å²) in [5.74, 6) is 1.38. The molecule has 0 amide bonds. The molecule has 0 unspecified atom stereocenters. The Bertz CT molecular complexity index is 857. The van der Waals surface area contributed by atoms with Crippen LogP contribution in [0.1, 0.15) is 12.8 Å². The quantitative estimate of drug-likeness (QED) is 0.727. The molecule has 1 fully saturated rings. The molecule has 24 heavy (non-hydrogen) atoms. The first-order valence-corrected chi connectivity index (χ1v) is 8.41. The normalized spacial score (nSPS) is 17.9. The molecule has 1 aliphatic heterocycles. The number of anilines is 1. The van der Waals surface area contributed by atoms with Crippen molar-refractivity contribution in [2.24, 2.45) is 0 Å². The van der Waals surface area contributed by atoms with Gasteiger partial charge >= 0.3 is 0 Å². The van der Waals surface area contributed by atoms with Gasteiger partial charge in [0.1, 0.15) is 11.9 Å². The monoisotopic (exact) mass is 340 g/mol. The Morgan fingerprint density at radius 3 is 2.88 bits per heavy atom. The van der Waals surface area contributed by atoms with Gasteiger partial charge in [0.05, 0.1) is 12.1 Å². The molecular weight excluding hydrogens is 324 g/mol. The van der Waals surface area contributed by atoms with Gasteiger partial charge in [-0.3, -0.25) is 0 Å². The number of hydrogen-bond donors (Lipinski definition) is 0. The van der Waals surface area contributed by atoms with Crippen LogP contribution in [0, 0.1) is 0 Å². The number of hydrogen-bond acceptors (Lipinski definition) is 5. The highest BCUT2D eigenvalue weighted by atomic mass is 35.5. The number of para-hydroxylation sites is 1. The van der Waals surface area contributed by atoms with E-state index in [2.05, 4.69) is 33.1 Å². The van der Waals surface area contributed by atoms with Gasteiger partial charge in [0, 0.05) is 24.3 Å². The lowest BCUT2D eigenvalue weighted by atomic mass is 10.1. The first-order valence-electron chi connectivity index (χ1n) is 8.03. The van der Waals surface area contributed by atoms with Crippen molar-refractivity contribution in [3.8, 4) is 5.88 Å². The minimum Gasteiger partial charge on any atom is -0.470 e. The van der Waals surface area contributed by atoms with Crippen LogP contribution >= 0.6 is 11.6 Å². The molecule has 6 heteroatoms. The number of halogens is 1. The molecular formula is C18H17ClN4O. The fourth-order valence-electron chi connectivity index (χ4n) is 3.02. The second-order valence-corrected chi connectivity index (χ2v) is 6.20. The third kappa shape index (κ3) is 3.12.